The summed E-state index contributed by atoms with van der Waals surface area (Å²) in [5.74, 6) is -0.393. The van der Waals surface area contributed by atoms with Gasteiger partial charge in [0, 0.05) is 19.2 Å². The largest absolute Gasteiger partial charge is 0.364 e. The summed E-state index contributed by atoms with van der Waals surface area (Å²) in [6, 6.07) is 2.72. The van der Waals surface area contributed by atoms with Crippen molar-refractivity contribution in [2.24, 2.45) is 7.05 Å². The molecule has 0 unspecified atom stereocenters. The first-order chi connectivity index (χ1) is 8.99. The maximum atomic E-state index is 12.0. The van der Waals surface area contributed by atoms with E-state index >= 15 is 0 Å². The van der Waals surface area contributed by atoms with Crippen molar-refractivity contribution in [3.8, 4) is 0 Å². The SMILES string of the molecule is Cn1nccc1NC(=O)c1cc([N+](=O)[O-])ncc1Br. The molecule has 1 N–H and O–H groups in total. The van der Waals surface area contributed by atoms with E-state index < -0.39 is 16.6 Å². The van der Waals surface area contributed by atoms with Crippen LogP contribution in [0.25, 0.3) is 0 Å². The van der Waals surface area contributed by atoms with Gasteiger partial charge in [-0.1, -0.05) is 0 Å². The molecule has 0 spiro atoms. The van der Waals surface area contributed by atoms with Crippen molar-refractivity contribution in [1.82, 2.24) is 14.8 Å². The Balaban J connectivity index is 2.31. The number of nitrogens with one attached hydrogen (secondary N) is 1. The molecular weight excluding hydrogens is 318 g/mol. The smallest absolute Gasteiger partial charge is 0.358 e. The Hall–Kier alpha value is -2.29. The van der Waals surface area contributed by atoms with Crippen LogP contribution in [-0.2, 0) is 7.05 Å². The highest BCUT2D eigenvalue weighted by molar-refractivity contribution is 9.10. The molecule has 0 aromatic carbocycles. The lowest BCUT2D eigenvalue weighted by Crippen LogP contribution is -2.15. The molecule has 0 bridgehead atoms. The molecule has 0 saturated carbocycles. The second-order valence-electron chi connectivity index (χ2n) is 3.57. The zero-order valence-electron chi connectivity index (χ0n) is 9.70. The quantitative estimate of drug-likeness (QED) is 0.683. The number of halogens is 1. The maximum Gasteiger partial charge on any atom is 0.364 e. The van der Waals surface area contributed by atoms with Crippen molar-refractivity contribution >= 4 is 33.5 Å². The van der Waals surface area contributed by atoms with E-state index in [4.69, 9.17) is 0 Å². The van der Waals surface area contributed by atoms with Crippen LogP contribution in [0.4, 0.5) is 11.6 Å². The second kappa shape index (κ2) is 5.14. The van der Waals surface area contributed by atoms with Crippen molar-refractivity contribution in [3.05, 3.63) is 44.7 Å². The van der Waals surface area contributed by atoms with E-state index in [1.165, 1.54) is 17.1 Å². The topological polar surface area (TPSA) is 103 Å². The van der Waals surface area contributed by atoms with Crippen LogP contribution in [0.3, 0.4) is 0 Å². The first-order valence-electron chi connectivity index (χ1n) is 5.08. The van der Waals surface area contributed by atoms with Crippen molar-refractivity contribution in [1.29, 1.82) is 0 Å². The van der Waals surface area contributed by atoms with Crippen molar-refractivity contribution in [3.63, 3.8) is 0 Å². The Morgan fingerprint density at radius 3 is 2.89 bits per heavy atom. The third kappa shape index (κ3) is 2.76. The standard InChI is InChI=1S/C10H8BrN5O3/c1-15-8(2-3-13-15)14-10(17)6-4-9(16(18)19)12-5-7(6)11/h2-5H,1H3,(H,14,17). The van der Waals surface area contributed by atoms with Crippen LogP contribution >= 0.6 is 15.9 Å². The number of aromatic nitrogens is 3. The number of hydrogen-bond donors (Lipinski definition) is 1. The molecule has 2 aromatic rings. The molecule has 1 amide bonds. The summed E-state index contributed by atoms with van der Waals surface area (Å²) in [5.41, 5.74) is 0.128. The molecule has 0 aliphatic heterocycles. The highest BCUT2D eigenvalue weighted by atomic mass is 79.9. The molecule has 0 aliphatic rings. The van der Waals surface area contributed by atoms with E-state index in [2.05, 4.69) is 31.3 Å². The molecule has 9 heteroatoms. The van der Waals surface area contributed by atoms with E-state index in [0.29, 0.717) is 10.3 Å². The van der Waals surface area contributed by atoms with E-state index in [1.54, 1.807) is 13.1 Å². The highest BCUT2D eigenvalue weighted by Crippen LogP contribution is 2.21. The summed E-state index contributed by atoms with van der Waals surface area (Å²) in [5, 5.41) is 17.1. The lowest BCUT2D eigenvalue weighted by molar-refractivity contribution is -0.389. The van der Waals surface area contributed by atoms with Crippen molar-refractivity contribution in [2.45, 2.75) is 0 Å². The first kappa shape index (κ1) is 13.1. The van der Waals surface area contributed by atoms with E-state index in [1.807, 2.05) is 0 Å². The molecule has 8 nitrogen and oxygen atoms in total. The van der Waals surface area contributed by atoms with Crippen molar-refractivity contribution < 1.29 is 9.72 Å². The van der Waals surface area contributed by atoms with Gasteiger partial charge in [0.15, 0.2) is 6.20 Å². The predicted octanol–water partition coefficient (Wildman–Crippen LogP) is 1.74. The summed E-state index contributed by atoms with van der Waals surface area (Å²) < 4.78 is 1.85. The maximum absolute atomic E-state index is 12.0. The lowest BCUT2D eigenvalue weighted by atomic mass is 10.2. The predicted molar refractivity (Wildman–Crippen MR) is 69.8 cm³/mol. The molecule has 0 saturated heterocycles. The average Bonchev–Trinajstić information content (AvgIpc) is 2.75. The number of carbonyl (C=O) groups excluding carboxylic acids is 1. The van der Waals surface area contributed by atoms with Crippen LogP contribution in [0, 0.1) is 10.1 Å². The van der Waals surface area contributed by atoms with Crippen LogP contribution in [0.1, 0.15) is 10.4 Å². The van der Waals surface area contributed by atoms with Crippen LogP contribution in [0.2, 0.25) is 0 Å². The summed E-state index contributed by atoms with van der Waals surface area (Å²) in [6.07, 6.45) is 2.75. The zero-order valence-corrected chi connectivity index (χ0v) is 11.3. The summed E-state index contributed by atoms with van der Waals surface area (Å²) in [4.78, 5) is 25.6. The van der Waals surface area contributed by atoms with Crippen molar-refractivity contribution in [2.75, 3.05) is 5.32 Å². The Morgan fingerprint density at radius 2 is 2.32 bits per heavy atom. The molecular formula is C10H8BrN5O3. The highest BCUT2D eigenvalue weighted by Gasteiger charge is 2.18. The number of carbonyl (C=O) groups is 1. The minimum absolute atomic E-state index is 0.128. The first-order valence-corrected chi connectivity index (χ1v) is 5.87. The normalized spacial score (nSPS) is 10.2. The molecule has 0 aliphatic carbocycles. The number of aryl methyl sites for hydroxylation is 1. The van der Waals surface area contributed by atoms with Gasteiger partial charge < -0.3 is 15.4 Å². The monoisotopic (exact) mass is 325 g/mol. The molecule has 2 rings (SSSR count). The fourth-order valence-electron chi connectivity index (χ4n) is 1.38. The number of pyridine rings is 1. The number of anilines is 1. The minimum atomic E-state index is -0.659. The third-order valence-electron chi connectivity index (χ3n) is 2.34. The van der Waals surface area contributed by atoms with Gasteiger partial charge in [-0.15, -0.1) is 0 Å². The van der Waals surface area contributed by atoms with Gasteiger partial charge in [-0.3, -0.25) is 9.48 Å². The minimum Gasteiger partial charge on any atom is -0.358 e. The molecule has 98 valence electrons. The number of nitro groups is 1. The van der Waals surface area contributed by atoms with Gasteiger partial charge in [0.2, 0.25) is 0 Å². The van der Waals surface area contributed by atoms with Gasteiger partial charge in [-0.25, -0.2) is 0 Å². The molecule has 2 aromatic heterocycles. The zero-order chi connectivity index (χ0) is 14.0. The number of hydrogen-bond acceptors (Lipinski definition) is 5. The Labute approximate surface area is 115 Å². The molecule has 0 atom stereocenters. The van der Waals surface area contributed by atoms with Gasteiger partial charge in [0.25, 0.3) is 5.91 Å². The van der Waals surface area contributed by atoms with Crippen LogP contribution in [0.15, 0.2) is 29.0 Å². The van der Waals surface area contributed by atoms with E-state index in [9.17, 15) is 14.9 Å². The van der Waals surface area contributed by atoms with Gasteiger partial charge >= 0.3 is 5.82 Å². The van der Waals surface area contributed by atoms with Crippen LogP contribution in [0.5, 0.6) is 0 Å². The Morgan fingerprint density at radius 1 is 1.58 bits per heavy atom. The molecule has 2 heterocycles. The summed E-state index contributed by atoms with van der Waals surface area (Å²) in [6.45, 7) is 0. The van der Waals surface area contributed by atoms with Gasteiger partial charge in [-0.05, 0) is 25.8 Å². The van der Waals surface area contributed by atoms with E-state index in [0.717, 1.165) is 6.07 Å². The average molecular weight is 326 g/mol. The number of amides is 1. The second-order valence-corrected chi connectivity index (χ2v) is 4.43. The third-order valence-corrected chi connectivity index (χ3v) is 2.97. The number of rotatable bonds is 3. The lowest BCUT2D eigenvalue weighted by Gasteiger charge is -2.06. The molecule has 0 fully saturated rings. The fraction of sp³-hybridized carbons (Fsp3) is 0.100. The Bertz CT molecular complexity index is 654. The summed E-state index contributed by atoms with van der Waals surface area (Å²) >= 11 is 3.13. The number of nitrogens with zero attached hydrogens (tertiary/aromatic N) is 4. The fourth-order valence-corrected chi connectivity index (χ4v) is 1.78. The molecule has 0 radical (unpaired) electrons. The Kier molecular flexibility index (Phi) is 3.56. The summed E-state index contributed by atoms with van der Waals surface area (Å²) in [7, 11) is 1.67. The van der Waals surface area contributed by atoms with Crippen LogP contribution in [-0.4, -0.2) is 25.6 Å². The van der Waals surface area contributed by atoms with Gasteiger partial charge in [0.05, 0.1) is 16.2 Å². The van der Waals surface area contributed by atoms with Gasteiger partial charge in [-0.2, -0.15) is 5.10 Å². The van der Waals surface area contributed by atoms with Crippen LogP contribution < -0.4 is 5.32 Å². The van der Waals surface area contributed by atoms with E-state index in [-0.39, 0.29) is 5.56 Å². The molecule has 19 heavy (non-hydrogen) atoms. The van der Waals surface area contributed by atoms with Gasteiger partial charge in [0.1, 0.15) is 5.82 Å².